The molecule has 0 aromatic heterocycles. The van der Waals surface area contributed by atoms with E-state index in [1.165, 1.54) is 133 Å². The van der Waals surface area contributed by atoms with Crippen molar-refractivity contribution in [3.8, 4) is 33.4 Å². The lowest BCUT2D eigenvalue weighted by Gasteiger charge is -2.21. The largest absolute Gasteiger partial charge is 0.0851 e. The minimum Gasteiger partial charge on any atom is -0.0851 e. The molecular formula is C78H78. The predicted molar refractivity (Wildman–Crippen MR) is 324 cm³/mol. The summed E-state index contributed by atoms with van der Waals surface area (Å²) in [5.74, 6) is 14.5. The maximum absolute atomic E-state index is 2.47. The molecule has 0 aliphatic heterocycles. The van der Waals surface area contributed by atoms with Crippen molar-refractivity contribution >= 4 is 0 Å². The Morgan fingerprint density at radius 2 is 0.295 bits per heavy atom. The summed E-state index contributed by atoms with van der Waals surface area (Å²) < 4.78 is 0. The van der Waals surface area contributed by atoms with Crippen LogP contribution in [-0.4, -0.2) is 0 Å². The van der Waals surface area contributed by atoms with Gasteiger partial charge in [-0.1, -0.05) is 219 Å². The molecule has 0 heteroatoms. The van der Waals surface area contributed by atoms with Gasteiger partial charge in [-0.2, -0.15) is 0 Å². The molecule has 0 saturated heterocycles. The number of hydrogen-bond donors (Lipinski definition) is 0. The SMILES string of the molecule is C1=CC2CC1CC2c1ccc(-c2ccc(-c3ccc(C4CC5C=CC4C5)cc3)cc2)cc1.C1=CC2CC1CC2c1ccc(-c2ccc(C3CC4C=CC3C4)cc2)cc1.C1=CC2CC1CC2c1ccc(C2CC3C=CC2C3)cc1. The topological polar surface area (TPSA) is 0 Å². The van der Waals surface area contributed by atoms with Gasteiger partial charge in [-0.25, -0.2) is 0 Å². The monoisotopic (exact) mass is 1010 g/mol. The van der Waals surface area contributed by atoms with Crippen molar-refractivity contribution in [2.45, 2.75) is 113 Å². The molecule has 12 aliphatic rings. The molecule has 6 fully saturated rings. The number of fused-ring (bicyclic) bond motifs is 12. The van der Waals surface area contributed by atoms with E-state index in [0.717, 1.165) is 107 Å². The van der Waals surface area contributed by atoms with E-state index in [-0.39, 0.29) is 0 Å². The Bertz CT molecular complexity index is 3090. The Morgan fingerprint density at radius 3 is 0.423 bits per heavy atom. The Labute approximate surface area is 466 Å². The molecule has 12 aliphatic carbocycles. The van der Waals surface area contributed by atoms with E-state index in [0.29, 0.717) is 0 Å². The zero-order chi connectivity index (χ0) is 51.3. The average molecular weight is 1020 g/mol. The first-order valence-corrected chi connectivity index (χ1v) is 31.2. The third-order valence-corrected chi connectivity index (χ3v) is 22.7. The fraction of sp³-hybridized carbons (Fsp3) is 0.385. The Kier molecular flexibility index (Phi) is 12.1. The molecule has 390 valence electrons. The molecule has 12 bridgehead atoms. The highest BCUT2D eigenvalue weighted by molar-refractivity contribution is 5.71. The summed E-state index contributed by atoms with van der Waals surface area (Å²) in [6, 6.07) is 56.4. The van der Waals surface area contributed by atoms with E-state index in [2.05, 4.69) is 219 Å². The van der Waals surface area contributed by atoms with Crippen LogP contribution in [0.25, 0.3) is 33.4 Å². The van der Waals surface area contributed by atoms with Crippen molar-refractivity contribution in [2.75, 3.05) is 0 Å². The molecule has 18 rings (SSSR count). The third kappa shape index (κ3) is 8.97. The zero-order valence-electron chi connectivity index (χ0n) is 45.7. The molecule has 18 unspecified atom stereocenters. The highest BCUT2D eigenvalue weighted by Gasteiger charge is 2.41. The first kappa shape index (κ1) is 47.7. The molecule has 0 N–H and O–H groups in total. The normalized spacial score (nSPS) is 36.3. The average Bonchev–Trinajstić information content (AvgIpc) is 4.41. The van der Waals surface area contributed by atoms with Crippen LogP contribution in [0.4, 0.5) is 0 Å². The fourth-order valence-electron chi connectivity index (χ4n) is 18.5. The van der Waals surface area contributed by atoms with Gasteiger partial charge in [0.2, 0.25) is 0 Å². The number of allylic oxidation sites excluding steroid dienone is 12. The highest BCUT2D eigenvalue weighted by Crippen LogP contribution is 2.54. The maximum Gasteiger partial charge on any atom is -0.00932 e. The van der Waals surface area contributed by atoms with Crippen molar-refractivity contribution in [2.24, 2.45) is 71.0 Å². The van der Waals surface area contributed by atoms with Gasteiger partial charge in [-0.05, 0) is 250 Å². The Balaban J connectivity index is 0.000000100. The number of rotatable bonds is 9. The van der Waals surface area contributed by atoms with Gasteiger partial charge >= 0.3 is 0 Å². The van der Waals surface area contributed by atoms with E-state index in [1.807, 2.05) is 0 Å². The van der Waals surface area contributed by atoms with Crippen LogP contribution in [0, 0.1) is 71.0 Å². The molecule has 0 radical (unpaired) electrons. The molecule has 0 heterocycles. The lowest BCUT2D eigenvalue weighted by Crippen LogP contribution is -2.07. The van der Waals surface area contributed by atoms with Gasteiger partial charge < -0.3 is 0 Å². The minimum absolute atomic E-state index is 0.736. The molecular weight excluding hydrogens is 937 g/mol. The predicted octanol–water partition coefficient (Wildman–Crippen LogP) is 20.1. The summed E-state index contributed by atoms with van der Waals surface area (Å²) in [6.45, 7) is 0. The summed E-state index contributed by atoms with van der Waals surface area (Å²) in [5.41, 5.74) is 17.2. The number of benzene rings is 6. The summed E-state index contributed by atoms with van der Waals surface area (Å²) >= 11 is 0. The van der Waals surface area contributed by atoms with Gasteiger partial charge in [-0.15, -0.1) is 0 Å². The van der Waals surface area contributed by atoms with Crippen molar-refractivity contribution < 1.29 is 0 Å². The van der Waals surface area contributed by atoms with E-state index in [9.17, 15) is 0 Å². The van der Waals surface area contributed by atoms with E-state index >= 15 is 0 Å². The second kappa shape index (κ2) is 19.8. The molecule has 0 spiro atoms. The number of hydrogen-bond acceptors (Lipinski definition) is 0. The molecule has 6 aromatic carbocycles. The summed E-state index contributed by atoms with van der Waals surface area (Å²) in [7, 11) is 0. The lowest BCUT2D eigenvalue weighted by molar-refractivity contribution is 0.576. The zero-order valence-corrected chi connectivity index (χ0v) is 45.7. The first-order chi connectivity index (χ1) is 38.5. The van der Waals surface area contributed by atoms with Gasteiger partial charge in [0.1, 0.15) is 0 Å². The smallest absolute Gasteiger partial charge is 0.00932 e. The van der Waals surface area contributed by atoms with Crippen LogP contribution in [-0.2, 0) is 0 Å². The molecule has 0 amide bonds. The van der Waals surface area contributed by atoms with Crippen LogP contribution in [0.1, 0.15) is 146 Å². The van der Waals surface area contributed by atoms with Crippen LogP contribution in [0.15, 0.2) is 219 Å². The molecule has 0 nitrogen and oxygen atoms in total. The van der Waals surface area contributed by atoms with Crippen molar-refractivity contribution in [1.82, 2.24) is 0 Å². The Hall–Kier alpha value is -6.24. The van der Waals surface area contributed by atoms with Gasteiger partial charge in [0.15, 0.2) is 0 Å². The Morgan fingerprint density at radius 1 is 0.154 bits per heavy atom. The molecule has 6 saturated carbocycles. The highest BCUT2D eigenvalue weighted by atomic mass is 14.5. The molecule has 78 heavy (non-hydrogen) atoms. The van der Waals surface area contributed by atoms with Gasteiger partial charge in [0.25, 0.3) is 0 Å². The second-order valence-corrected chi connectivity index (χ2v) is 27.1. The van der Waals surface area contributed by atoms with Crippen LogP contribution in [0.5, 0.6) is 0 Å². The first-order valence-electron chi connectivity index (χ1n) is 31.2. The van der Waals surface area contributed by atoms with Crippen LogP contribution >= 0.6 is 0 Å². The summed E-state index contributed by atoms with van der Waals surface area (Å²) in [4.78, 5) is 0. The van der Waals surface area contributed by atoms with Crippen LogP contribution < -0.4 is 0 Å². The van der Waals surface area contributed by atoms with Gasteiger partial charge in [-0.3, -0.25) is 0 Å². The minimum atomic E-state index is 0.736. The quantitative estimate of drug-likeness (QED) is 0.127. The van der Waals surface area contributed by atoms with E-state index in [1.54, 1.807) is 11.1 Å². The van der Waals surface area contributed by atoms with Crippen LogP contribution in [0.3, 0.4) is 0 Å². The van der Waals surface area contributed by atoms with Crippen LogP contribution in [0.2, 0.25) is 0 Å². The van der Waals surface area contributed by atoms with E-state index in [4.69, 9.17) is 0 Å². The summed E-state index contributed by atoms with van der Waals surface area (Å²) in [5, 5.41) is 0. The second-order valence-electron chi connectivity index (χ2n) is 27.1. The standard InChI is InChI=1S/C32H30.C26H26.C20H22/c1-3-29-17-21(1)19-31(29)27-13-9-25(10-14-27)23-5-7-24(8-6-23)26-11-15-28(16-12-26)32-20-22-2-4-30(32)18-22;1-3-23-13-17(1)15-25(23)21-9-5-19(6-10-21)20-7-11-22(12-8-20)26-16-18-2-4-24(26)14-18;1-3-17-9-13(1)11-19(17)15-5-7-16(8-6-15)20-12-14-2-4-18(20)10-14/h1-16,21-22,29-32H,17-20H2;1-12,17-18,23-26H,13-16H2;1-8,13-14,17-20H,9-12H2. The third-order valence-electron chi connectivity index (χ3n) is 22.7. The van der Waals surface area contributed by atoms with Crippen molar-refractivity contribution in [3.63, 3.8) is 0 Å². The van der Waals surface area contributed by atoms with Crippen molar-refractivity contribution in [1.29, 1.82) is 0 Å². The summed E-state index contributed by atoms with van der Waals surface area (Å²) in [6.07, 6.45) is 45.8. The van der Waals surface area contributed by atoms with Gasteiger partial charge in [0, 0.05) is 0 Å². The maximum atomic E-state index is 2.47. The molecule has 18 atom stereocenters. The molecule has 6 aromatic rings. The van der Waals surface area contributed by atoms with E-state index < -0.39 is 0 Å². The van der Waals surface area contributed by atoms with Gasteiger partial charge in [0.05, 0.1) is 0 Å². The lowest BCUT2D eigenvalue weighted by atomic mass is 9.83. The van der Waals surface area contributed by atoms with Crippen molar-refractivity contribution in [3.05, 3.63) is 252 Å². The fourth-order valence-corrected chi connectivity index (χ4v) is 18.5.